The predicted octanol–water partition coefficient (Wildman–Crippen LogP) is 2.37. The maximum Gasteiger partial charge on any atom is 0.344 e. The van der Waals surface area contributed by atoms with E-state index >= 15 is 0 Å². The van der Waals surface area contributed by atoms with Crippen molar-refractivity contribution in [1.82, 2.24) is 0 Å². The number of amides is 1. The standard InChI is InChI=1S/C16H19NO5S/c1-16(2,3)22-14(19)9-21-13(18)8-12-15(20)17-10-6-4-5-7-11(10)23-12/h4-7,12H,8-9H2,1-3H3,(H,17,20). The Morgan fingerprint density at radius 3 is 2.61 bits per heavy atom. The summed E-state index contributed by atoms with van der Waals surface area (Å²) >= 11 is 1.31. The number of para-hydroxylation sites is 1. The van der Waals surface area contributed by atoms with Gasteiger partial charge in [0.05, 0.1) is 17.4 Å². The summed E-state index contributed by atoms with van der Waals surface area (Å²) in [6.45, 7) is 4.74. The van der Waals surface area contributed by atoms with Gasteiger partial charge in [-0.2, -0.15) is 0 Å². The van der Waals surface area contributed by atoms with E-state index in [2.05, 4.69) is 5.32 Å². The smallest absolute Gasteiger partial charge is 0.344 e. The van der Waals surface area contributed by atoms with E-state index in [1.54, 1.807) is 26.8 Å². The Hall–Kier alpha value is -2.02. The lowest BCUT2D eigenvalue weighted by molar-refractivity contribution is -0.166. The third-order valence-corrected chi connectivity index (χ3v) is 4.10. The van der Waals surface area contributed by atoms with Crippen LogP contribution in [-0.4, -0.2) is 35.3 Å². The highest BCUT2D eigenvalue weighted by atomic mass is 32.2. The van der Waals surface area contributed by atoms with Gasteiger partial charge in [-0.15, -0.1) is 11.8 Å². The highest BCUT2D eigenvalue weighted by molar-refractivity contribution is 8.01. The van der Waals surface area contributed by atoms with Crippen LogP contribution in [0.2, 0.25) is 0 Å². The number of nitrogens with one attached hydrogen (secondary N) is 1. The number of carbonyl (C=O) groups is 3. The van der Waals surface area contributed by atoms with Crippen molar-refractivity contribution in [1.29, 1.82) is 0 Å². The maximum atomic E-state index is 12.0. The highest BCUT2D eigenvalue weighted by Gasteiger charge is 2.29. The molecule has 1 aromatic rings. The number of fused-ring (bicyclic) bond motifs is 1. The Bertz CT molecular complexity index is 623. The van der Waals surface area contributed by atoms with E-state index in [-0.39, 0.29) is 12.3 Å². The van der Waals surface area contributed by atoms with E-state index in [1.165, 1.54) is 11.8 Å². The lowest BCUT2D eigenvalue weighted by atomic mass is 10.2. The summed E-state index contributed by atoms with van der Waals surface area (Å²) < 4.78 is 9.93. The molecule has 23 heavy (non-hydrogen) atoms. The van der Waals surface area contributed by atoms with Crippen LogP contribution < -0.4 is 5.32 Å². The molecule has 0 saturated heterocycles. The molecule has 7 heteroatoms. The highest BCUT2D eigenvalue weighted by Crippen LogP contribution is 2.36. The Labute approximate surface area is 138 Å². The van der Waals surface area contributed by atoms with Crippen LogP contribution in [0.5, 0.6) is 0 Å². The number of thioether (sulfide) groups is 1. The summed E-state index contributed by atoms with van der Waals surface area (Å²) in [5.74, 6) is -1.47. The average Bonchev–Trinajstić information content (AvgIpc) is 2.44. The lowest BCUT2D eigenvalue weighted by Crippen LogP contribution is -2.32. The second kappa shape index (κ2) is 7.04. The van der Waals surface area contributed by atoms with Crippen molar-refractivity contribution in [3.8, 4) is 0 Å². The SMILES string of the molecule is CC(C)(C)OC(=O)COC(=O)CC1Sc2ccccc2NC1=O. The van der Waals surface area contributed by atoms with E-state index in [0.717, 1.165) is 10.6 Å². The maximum absolute atomic E-state index is 12.0. The Morgan fingerprint density at radius 2 is 1.91 bits per heavy atom. The van der Waals surface area contributed by atoms with Crippen molar-refractivity contribution in [2.75, 3.05) is 11.9 Å². The fraction of sp³-hybridized carbons (Fsp3) is 0.438. The summed E-state index contributed by atoms with van der Waals surface area (Å²) in [6.07, 6.45) is -0.104. The summed E-state index contributed by atoms with van der Waals surface area (Å²) in [5, 5.41) is 2.18. The first-order chi connectivity index (χ1) is 10.7. The number of ether oxygens (including phenoxy) is 2. The van der Waals surface area contributed by atoms with Gasteiger partial charge in [-0.25, -0.2) is 4.79 Å². The molecule has 1 unspecified atom stereocenters. The number of hydrogen-bond acceptors (Lipinski definition) is 6. The normalized spacial score (nSPS) is 17.0. The summed E-state index contributed by atoms with van der Waals surface area (Å²) in [6, 6.07) is 7.37. The molecule has 2 rings (SSSR count). The molecule has 1 heterocycles. The van der Waals surface area contributed by atoms with Gasteiger partial charge >= 0.3 is 11.9 Å². The number of hydrogen-bond donors (Lipinski definition) is 1. The van der Waals surface area contributed by atoms with Gasteiger partial charge in [0.2, 0.25) is 5.91 Å². The molecule has 1 aliphatic heterocycles. The second-order valence-electron chi connectivity index (χ2n) is 6.04. The van der Waals surface area contributed by atoms with Gasteiger partial charge in [-0.05, 0) is 32.9 Å². The van der Waals surface area contributed by atoms with Crippen LogP contribution in [-0.2, 0) is 23.9 Å². The third kappa shape index (κ3) is 5.28. The van der Waals surface area contributed by atoms with E-state index in [9.17, 15) is 14.4 Å². The Morgan fingerprint density at radius 1 is 1.22 bits per heavy atom. The van der Waals surface area contributed by atoms with Gasteiger partial charge in [0, 0.05) is 4.90 Å². The van der Waals surface area contributed by atoms with Crippen molar-refractivity contribution >= 4 is 35.3 Å². The molecule has 1 aromatic carbocycles. The number of rotatable bonds is 4. The van der Waals surface area contributed by atoms with Crippen molar-refractivity contribution in [2.24, 2.45) is 0 Å². The number of anilines is 1. The molecule has 1 N–H and O–H groups in total. The van der Waals surface area contributed by atoms with Crippen LogP contribution in [0.15, 0.2) is 29.2 Å². The van der Waals surface area contributed by atoms with Gasteiger partial charge in [-0.1, -0.05) is 12.1 Å². The van der Waals surface area contributed by atoms with Crippen molar-refractivity contribution < 1.29 is 23.9 Å². The Balaban J connectivity index is 1.84. The van der Waals surface area contributed by atoms with E-state index in [0.29, 0.717) is 0 Å². The average molecular weight is 337 g/mol. The van der Waals surface area contributed by atoms with Gasteiger partial charge in [0.1, 0.15) is 5.60 Å². The second-order valence-corrected chi connectivity index (χ2v) is 7.29. The number of carbonyl (C=O) groups excluding carboxylic acids is 3. The first-order valence-electron chi connectivity index (χ1n) is 7.18. The molecule has 0 aliphatic carbocycles. The lowest BCUT2D eigenvalue weighted by Gasteiger charge is -2.23. The molecule has 1 atom stereocenters. The zero-order chi connectivity index (χ0) is 17.0. The van der Waals surface area contributed by atoms with Gasteiger partial charge in [-0.3, -0.25) is 9.59 Å². The predicted molar refractivity (Wildman–Crippen MR) is 86.1 cm³/mol. The fourth-order valence-electron chi connectivity index (χ4n) is 1.95. The largest absolute Gasteiger partial charge is 0.457 e. The minimum atomic E-state index is -0.633. The quantitative estimate of drug-likeness (QED) is 0.850. The molecule has 0 bridgehead atoms. The molecule has 6 nitrogen and oxygen atoms in total. The van der Waals surface area contributed by atoms with Gasteiger partial charge in [0.25, 0.3) is 0 Å². The summed E-state index contributed by atoms with van der Waals surface area (Å²) in [5.41, 5.74) is 0.104. The molecular formula is C16H19NO5S. The molecule has 1 aliphatic rings. The molecule has 0 radical (unpaired) electrons. The summed E-state index contributed by atoms with van der Waals surface area (Å²) in [4.78, 5) is 36.2. The molecule has 0 spiro atoms. The topological polar surface area (TPSA) is 81.7 Å². The zero-order valence-electron chi connectivity index (χ0n) is 13.3. The van der Waals surface area contributed by atoms with Crippen molar-refractivity contribution in [3.63, 3.8) is 0 Å². The minimum absolute atomic E-state index is 0.104. The number of esters is 2. The molecule has 0 saturated carbocycles. The van der Waals surface area contributed by atoms with E-state index in [1.807, 2.05) is 18.2 Å². The van der Waals surface area contributed by atoms with Crippen LogP contribution in [0.3, 0.4) is 0 Å². The first kappa shape index (κ1) is 17.3. The van der Waals surface area contributed by atoms with Crippen molar-refractivity contribution in [3.05, 3.63) is 24.3 Å². The van der Waals surface area contributed by atoms with Crippen LogP contribution in [0.1, 0.15) is 27.2 Å². The molecule has 124 valence electrons. The summed E-state index contributed by atoms with van der Waals surface area (Å²) in [7, 11) is 0. The van der Waals surface area contributed by atoms with E-state index < -0.39 is 29.4 Å². The van der Waals surface area contributed by atoms with Crippen LogP contribution in [0, 0.1) is 0 Å². The molecule has 0 aromatic heterocycles. The molecular weight excluding hydrogens is 318 g/mol. The third-order valence-electron chi connectivity index (χ3n) is 2.83. The molecule has 1 amide bonds. The van der Waals surface area contributed by atoms with Crippen LogP contribution in [0.4, 0.5) is 5.69 Å². The first-order valence-corrected chi connectivity index (χ1v) is 8.06. The van der Waals surface area contributed by atoms with Crippen LogP contribution >= 0.6 is 11.8 Å². The van der Waals surface area contributed by atoms with Gasteiger partial charge in [0.15, 0.2) is 6.61 Å². The van der Waals surface area contributed by atoms with Crippen molar-refractivity contribution in [2.45, 2.75) is 42.9 Å². The van der Waals surface area contributed by atoms with E-state index in [4.69, 9.17) is 9.47 Å². The zero-order valence-corrected chi connectivity index (χ0v) is 14.1. The fourth-order valence-corrected chi connectivity index (χ4v) is 3.04. The number of benzene rings is 1. The minimum Gasteiger partial charge on any atom is -0.457 e. The molecule has 0 fully saturated rings. The Kier molecular flexibility index (Phi) is 5.30. The van der Waals surface area contributed by atoms with Crippen LogP contribution in [0.25, 0.3) is 0 Å². The monoisotopic (exact) mass is 337 g/mol. The van der Waals surface area contributed by atoms with Gasteiger partial charge < -0.3 is 14.8 Å².